The lowest BCUT2D eigenvalue weighted by Crippen LogP contribution is -2.34. The van der Waals surface area contributed by atoms with Crippen LogP contribution in [0.4, 0.5) is 13.2 Å². The third kappa shape index (κ3) is 4.70. The van der Waals surface area contributed by atoms with Gasteiger partial charge in [0.05, 0.1) is 24.7 Å². The molecule has 0 aromatic heterocycles. The number of carbonyl (C=O) groups excluding carboxylic acids is 1. The molecule has 0 saturated carbocycles. The Hall–Kier alpha value is -1.63. The van der Waals surface area contributed by atoms with Gasteiger partial charge in [-0.1, -0.05) is 11.6 Å². The number of halogens is 4. The van der Waals surface area contributed by atoms with Gasteiger partial charge in [-0.05, 0) is 17.7 Å². The highest BCUT2D eigenvalue weighted by molar-refractivity contribution is 6.32. The van der Waals surface area contributed by atoms with Crippen LogP contribution >= 0.6 is 11.6 Å². The Morgan fingerprint density at radius 1 is 1.29 bits per heavy atom. The van der Waals surface area contributed by atoms with E-state index in [0.717, 1.165) is 0 Å². The van der Waals surface area contributed by atoms with Crippen molar-refractivity contribution in [1.82, 2.24) is 5.32 Å². The zero-order chi connectivity index (χ0) is 15.5. The Morgan fingerprint density at radius 3 is 2.71 bits per heavy atom. The maximum absolute atomic E-state index is 12.0. The Labute approximate surface area is 124 Å². The van der Waals surface area contributed by atoms with E-state index >= 15 is 0 Å². The average molecular weight is 324 g/mol. The normalized spacial score (nSPS) is 14.5. The first-order valence-electron chi connectivity index (χ1n) is 6.26. The Balaban J connectivity index is 2.05. The minimum Gasteiger partial charge on any atom is -0.489 e. The molecule has 0 saturated heterocycles. The number of alkyl halides is 3. The molecule has 21 heavy (non-hydrogen) atoms. The van der Waals surface area contributed by atoms with Gasteiger partial charge in [0.25, 0.3) is 0 Å². The number of rotatable bonds is 3. The third-order valence-electron chi connectivity index (χ3n) is 2.71. The van der Waals surface area contributed by atoms with Gasteiger partial charge < -0.3 is 14.8 Å². The summed E-state index contributed by atoms with van der Waals surface area (Å²) >= 11 is 6.04. The first kappa shape index (κ1) is 15.8. The minimum atomic E-state index is -4.43. The molecule has 8 heteroatoms. The van der Waals surface area contributed by atoms with Gasteiger partial charge in [0.2, 0.25) is 5.91 Å². The van der Waals surface area contributed by atoms with E-state index in [9.17, 15) is 18.0 Å². The van der Waals surface area contributed by atoms with Gasteiger partial charge in [0.15, 0.2) is 11.5 Å². The summed E-state index contributed by atoms with van der Waals surface area (Å²) in [7, 11) is 0. The van der Waals surface area contributed by atoms with Gasteiger partial charge in [-0.15, -0.1) is 0 Å². The second-order valence-corrected chi connectivity index (χ2v) is 4.93. The molecule has 1 aromatic rings. The van der Waals surface area contributed by atoms with Gasteiger partial charge in [-0.25, -0.2) is 0 Å². The highest BCUT2D eigenvalue weighted by atomic mass is 35.5. The molecular formula is C13H13ClF3NO3. The van der Waals surface area contributed by atoms with Crippen molar-refractivity contribution in [3.63, 3.8) is 0 Å². The molecule has 0 radical (unpaired) electrons. The molecule has 1 heterocycles. The molecule has 0 spiro atoms. The second kappa shape index (κ2) is 6.43. The number of carbonyl (C=O) groups is 1. The third-order valence-corrected chi connectivity index (χ3v) is 2.99. The van der Waals surface area contributed by atoms with Crippen molar-refractivity contribution in [2.24, 2.45) is 0 Å². The summed E-state index contributed by atoms with van der Waals surface area (Å²) in [4.78, 5) is 11.5. The Bertz CT molecular complexity index is 534. The molecule has 0 aliphatic carbocycles. The van der Waals surface area contributed by atoms with Crippen molar-refractivity contribution < 1.29 is 27.4 Å². The fraction of sp³-hybridized carbons (Fsp3) is 0.462. The van der Waals surface area contributed by atoms with E-state index in [2.05, 4.69) is 0 Å². The van der Waals surface area contributed by atoms with Gasteiger partial charge >= 0.3 is 6.18 Å². The molecule has 1 aliphatic rings. The number of amides is 1. The summed E-state index contributed by atoms with van der Waals surface area (Å²) in [5, 5.41) is 2.08. The summed E-state index contributed by atoms with van der Waals surface area (Å²) in [5.41, 5.74) is 0.462. The molecular weight excluding hydrogens is 311 g/mol. The summed E-state index contributed by atoms with van der Waals surface area (Å²) in [6.45, 7) is -0.435. The molecule has 1 N–H and O–H groups in total. The van der Waals surface area contributed by atoms with E-state index in [0.29, 0.717) is 36.7 Å². The standard InChI is InChI=1S/C13H13ClF3NO3/c14-9-4-8(6-11(19)18-7-13(15,16)17)5-10-12(9)21-3-1-2-20-10/h4-5H,1-3,6-7H2,(H,18,19). The number of benzene rings is 1. The van der Waals surface area contributed by atoms with Crippen LogP contribution in [-0.4, -0.2) is 31.8 Å². The Kier molecular flexibility index (Phi) is 4.82. The lowest BCUT2D eigenvalue weighted by atomic mass is 10.1. The van der Waals surface area contributed by atoms with E-state index in [1.807, 2.05) is 0 Å². The highest BCUT2D eigenvalue weighted by Gasteiger charge is 2.27. The van der Waals surface area contributed by atoms with Crippen molar-refractivity contribution in [2.75, 3.05) is 19.8 Å². The fourth-order valence-corrected chi connectivity index (χ4v) is 2.12. The number of hydrogen-bond acceptors (Lipinski definition) is 3. The molecule has 0 bridgehead atoms. The smallest absolute Gasteiger partial charge is 0.405 e. The van der Waals surface area contributed by atoms with Gasteiger partial charge in [0, 0.05) is 6.42 Å². The molecule has 0 atom stereocenters. The molecule has 1 amide bonds. The van der Waals surface area contributed by atoms with Crippen molar-refractivity contribution in [1.29, 1.82) is 0 Å². The van der Waals surface area contributed by atoms with Crippen LogP contribution < -0.4 is 14.8 Å². The molecule has 1 aliphatic heterocycles. The number of hydrogen-bond donors (Lipinski definition) is 1. The van der Waals surface area contributed by atoms with Crippen molar-refractivity contribution in [3.8, 4) is 11.5 Å². The monoisotopic (exact) mass is 323 g/mol. The van der Waals surface area contributed by atoms with E-state index in [1.54, 1.807) is 11.4 Å². The lowest BCUT2D eigenvalue weighted by Gasteiger charge is -2.12. The van der Waals surface area contributed by atoms with Crippen LogP contribution in [-0.2, 0) is 11.2 Å². The SMILES string of the molecule is O=C(Cc1cc(Cl)c2c(c1)OCCCO2)NCC(F)(F)F. The summed E-state index contributed by atoms with van der Waals surface area (Å²) in [6, 6.07) is 3.04. The van der Waals surface area contributed by atoms with E-state index in [4.69, 9.17) is 21.1 Å². The summed E-state index contributed by atoms with van der Waals surface area (Å²) in [6.07, 6.45) is -3.95. The van der Waals surface area contributed by atoms with Crippen LogP contribution in [0.15, 0.2) is 12.1 Å². The molecule has 4 nitrogen and oxygen atoms in total. The van der Waals surface area contributed by atoms with Crippen LogP contribution in [0.1, 0.15) is 12.0 Å². The van der Waals surface area contributed by atoms with Gasteiger partial charge in [-0.3, -0.25) is 4.79 Å². The minimum absolute atomic E-state index is 0.216. The first-order chi connectivity index (χ1) is 9.85. The van der Waals surface area contributed by atoms with Gasteiger partial charge in [-0.2, -0.15) is 13.2 Å². The predicted octanol–water partition coefficient (Wildman–Crippen LogP) is 2.72. The summed E-state index contributed by atoms with van der Waals surface area (Å²) < 4.78 is 46.9. The van der Waals surface area contributed by atoms with Crippen molar-refractivity contribution in [2.45, 2.75) is 19.0 Å². The summed E-state index contributed by atoms with van der Waals surface area (Å²) in [5.74, 6) is 0.0603. The molecule has 2 rings (SSSR count). The molecule has 1 aromatic carbocycles. The second-order valence-electron chi connectivity index (χ2n) is 4.52. The van der Waals surface area contributed by atoms with E-state index in [-0.39, 0.29) is 11.4 Å². The lowest BCUT2D eigenvalue weighted by molar-refractivity contribution is -0.138. The zero-order valence-corrected chi connectivity index (χ0v) is 11.7. The predicted molar refractivity (Wildman–Crippen MR) is 69.8 cm³/mol. The van der Waals surface area contributed by atoms with Crippen molar-refractivity contribution in [3.05, 3.63) is 22.7 Å². The van der Waals surface area contributed by atoms with Crippen LogP contribution in [0.3, 0.4) is 0 Å². The zero-order valence-electron chi connectivity index (χ0n) is 10.9. The van der Waals surface area contributed by atoms with Crippen LogP contribution in [0.2, 0.25) is 5.02 Å². The van der Waals surface area contributed by atoms with Crippen LogP contribution in [0.25, 0.3) is 0 Å². The maximum Gasteiger partial charge on any atom is 0.405 e. The Morgan fingerprint density at radius 2 is 2.00 bits per heavy atom. The molecule has 0 fully saturated rings. The highest BCUT2D eigenvalue weighted by Crippen LogP contribution is 2.38. The number of fused-ring (bicyclic) bond motifs is 1. The molecule has 0 unspecified atom stereocenters. The van der Waals surface area contributed by atoms with E-state index < -0.39 is 18.6 Å². The average Bonchev–Trinajstić information content (AvgIpc) is 2.61. The topological polar surface area (TPSA) is 47.6 Å². The largest absolute Gasteiger partial charge is 0.489 e. The first-order valence-corrected chi connectivity index (χ1v) is 6.64. The fourth-order valence-electron chi connectivity index (χ4n) is 1.83. The van der Waals surface area contributed by atoms with Gasteiger partial charge in [0.1, 0.15) is 6.54 Å². The quantitative estimate of drug-likeness (QED) is 0.930. The number of nitrogens with one attached hydrogen (secondary N) is 1. The molecule has 116 valence electrons. The van der Waals surface area contributed by atoms with Crippen molar-refractivity contribution >= 4 is 17.5 Å². The number of ether oxygens (including phenoxy) is 2. The maximum atomic E-state index is 12.0. The van der Waals surface area contributed by atoms with Crippen LogP contribution in [0, 0.1) is 0 Å². The van der Waals surface area contributed by atoms with E-state index in [1.165, 1.54) is 6.07 Å². The van der Waals surface area contributed by atoms with Crippen LogP contribution in [0.5, 0.6) is 11.5 Å².